The molecule has 0 saturated heterocycles. The van der Waals surface area contributed by atoms with Gasteiger partial charge in [-0.3, -0.25) is 9.59 Å². The van der Waals surface area contributed by atoms with Gasteiger partial charge in [0.05, 0.1) is 27.0 Å². The van der Waals surface area contributed by atoms with Crippen LogP contribution in [-0.2, 0) is 23.8 Å². The zero-order chi connectivity index (χ0) is 16.9. The molecule has 120 valence electrons. The lowest BCUT2D eigenvalue weighted by atomic mass is 10.0. The van der Waals surface area contributed by atoms with E-state index in [4.69, 9.17) is 11.6 Å². The van der Waals surface area contributed by atoms with E-state index in [-0.39, 0.29) is 21.6 Å². The number of halogens is 1. The minimum absolute atomic E-state index is 0.172. The van der Waals surface area contributed by atoms with E-state index in [2.05, 4.69) is 24.2 Å². The van der Waals surface area contributed by atoms with Crippen molar-refractivity contribution in [2.45, 2.75) is 11.1 Å². The highest BCUT2D eigenvalue weighted by Gasteiger charge is 2.37. The van der Waals surface area contributed by atoms with Gasteiger partial charge in [0, 0.05) is 0 Å². The Labute approximate surface area is 135 Å². The molecule has 1 aromatic heterocycles. The molecule has 0 unspecified atom stereocenters. The van der Waals surface area contributed by atoms with Crippen molar-refractivity contribution < 1.29 is 28.6 Å². The smallest absolute Gasteiger partial charge is 0.342 e. The van der Waals surface area contributed by atoms with Crippen molar-refractivity contribution in [2.24, 2.45) is 0 Å². The fraction of sp³-hybridized carbons (Fsp3) is 0.417. The quantitative estimate of drug-likeness (QED) is 0.193. The predicted octanol–water partition coefficient (Wildman–Crippen LogP) is 1.07. The molecule has 1 heterocycles. The fourth-order valence-electron chi connectivity index (χ4n) is 1.58. The van der Waals surface area contributed by atoms with E-state index in [0.717, 1.165) is 33.1 Å². The predicted molar refractivity (Wildman–Crippen MR) is 76.9 cm³/mol. The molecule has 0 fully saturated rings. The number of methoxy groups -OCH3 is 3. The minimum Gasteiger partial charge on any atom is -0.468 e. The van der Waals surface area contributed by atoms with Gasteiger partial charge in [-0.1, -0.05) is 23.4 Å². The molecule has 0 spiro atoms. The first kappa shape index (κ1) is 18.2. The molecule has 0 radical (unpaired) electrons. The number of ether oxygens (including phenoxy) is 3. The Balaban J connectivity index is 3.64. The number of carbonyl (C=O) groups excluding carboxylic acids is 3. The van der Waals surface area contributed by atoms with Crippen molar-refractivity contribution >= 4 is 41.3 Å². The number of thioether (sulfide) groups is 1. The van der Waals surface area contributed by atoms with Crippen molar-refractivity contribution in [1.29, 1.82) is 0 Å². The lowest BCUT2D eigenvalue weighted by molar-refractivity contribution is -0.154. The molecule has 0 aliphatic carbocycles. The van der Waals surface area contributed by atoms with Gasteiger partial charge < -0.3 is 14.2 Å². The van der Waals surface area contributed by atoms with Crippen LogP contribution >= 0.6 is 23.4 Å². The van der Waals surface area contributed by atoms with Gasteiger partial charge in [0.2, 0.25) is 0 Å². The Morgan fingerprint density at radius 3 is 2.00 bits per heavy atom. The summed E-state index contributed by atoms with van der Waals surface area (Å²) in [7, 11) is 3.30. The van der Waals surface area contributed by atoms with Crippen molar-refractivity contribution in [3.8, 4) is 0 Å². The summed E-state index contributed by atoms with van der Waals surface area (Å²) >= 11 is 7.08. The number of rotatable bonds is 5. The average Bonchev–Trinajstić information content (AvgIpc) is 2.53. The highest BCUT2D eigenvalue weighted by atomic mass is 35.5. The van der Waals surface area contributed by atoms with Crippen LogP contribution in [0.3, 0.4) is 0 Å². The molecular formula is C12H13ClN2O6S. The average molecular weight is 349 g/mol. The molecule has 0 N–H and O–H groups in total. The van der Waals surface area contributed by atoms with Crippen molar-refractivity contribution in [1.82, 2.24) is 9.97 Å². The summed E-state index contributed by atoms with van der Waals surface area (Å²) in [5, 5.41) is -0.0653. The first-order chi connectivity index (χ1) is 10.4. The summed E-state index contributed by atoms with van der Waals surface area (Å²) < 4.78 is 13.7. The molecule has 0 amide bonds. The van der Waals surface area contributed by atoms with Gasteiger partial charge in [0.25, 0.3) is 0 Å². The van der Waals surface area contributed by atoms with E-state index in [1.165, 1.54) is 0 Å². The van der Waals surface area contributed by atoms with Gasteiger partial charge in [-0.15, -0.1) is 0 Å². The van der Waals surface area contributed by atoms with Crippen molar-refractivity contribution in [2.75, 3.05) is 27.6 Å². The van der Waals surface area contributed by atoms with Gasteiger partial charge in [-0.05, 0) is 6.26 Å². The second-order valence-corrected chi connectivity index (χ2v) is 4.86. The number of hydrogen-bond acceptors (Lipinski definition) is 9. The molecule has 0 atom stereocenters. The summed E-state index contributed by atoms with van der Waals surface area (Å²) in [6, 6.07) is 0. The zero-order valence-corrected chi connectivity index (χ0v) is 13.8. The van der Waals surface area contributed by atoms with Crippen molar-refractivity contribution in [3.05, 3.63) is 16.4 Å². The number of nitrogens with zero attached hydrogens (tertiary/aromatic N) is 2. The van der Waals surface area contributed by atoms with E-state index in [0.29, 0.717) is 0 Å². The summed E-state index contributed by atoms with van der Waals surface area (Å²) in [4.78, 5) is 43.6. The second-order valence-electron chi connectivity index (χ2n) is 3.73. The first-order valence-corrected chi connectivity index (χ1v) is 7.36. The second kappa shape index (κ2) is 7.95. The van der Waals surface area contributed by atoms with E-state index >= 15 is 0 Å². The van der Waals surface area contributed by atoms with Crippen LogP contribution in [0.25, 0.3) is 0 Å². The molecule has 0 aliphatic rings. The molecule has 10 heteroatoms. The molecule has 0 bridgehead atoms. The molecule has 0 saturated carbocycles. The Kier molecular flexibility index (Phi) is 6.57. The normalized spacial score (nSPS) is 10.3. The number of esters is 3. The number of aromatic nitrogens is 2. The molecule has 1 aromatic rings. The number of carbonyl (C=O) groups is 3. The molecule has 8 nitrogen and oxygen atoms in total. The van der Waals surface area contributed by atoms with Crippen LogP contribution in [0, 0.1) is 0 Å². The monoisotopic (exact) mass is 348 g/mol. The van der Waals surface area contributed by atoms with E-state index < -0.39 is 23.8 Å². The van der Waals surface area contributed by atoms with Crippen LogP contribution in [0.5, 0.6) is 0 Å². The maximum atomic E-state index is 11.9. The highest BCUT2D eigenvalue weighted by molar-refractivity contribution is 7.98. The van der Waals surface area contributed by atoms with Crippen LogP contribution in [0.4, 0.5) is 0 Å². The highest BCUT2D eigenvalue weighted by Crippen LogP contribution is 2.28. The Morgan fingerprint density at radius 2 is 1.59 bits per heavy atom. The van der Waals surface area contributed by atoms with Crippen LogP contribution in [0.1, 0.15) is 22.0 Å². The molecule has 0 aliphatic heterocycles. The lowest BCUT2D eigenvalue weighted by Gasteiger charge is -2.16. The summed E-state index contributed by atoms with van der Waals surface area (Å²) in [6.07, 6.45) is 1.67. The van der Waals surface area contributed by atoms with Crippen LogP contribution in [0.15, 0.2) is 5.16 Å². The van der Waals surface area contributed by atoms with E-state index in [9.17, 15) is 14.4 Å². The topological polar surface area (TPSA) is 105 Å². The van der Waals surface area contributed by atoms with Gasteiger partial charge in [0.15, 0.2) is 11.1 Å². The molecule has 1 rings (SSSR count). The Bertz CT molecular complexity index is 594. The molecular weight excluding hydrogens is 336 g/mol. The maximum absolute atomic E-state index is 11.9. The SMILES string of the molecule is COC(=O)c1c(Cl)nc(SC)nc1C(C(=O)OC)C(=O)OC. The van der Waals surface area contributed by atoms with E-state index in [1.54, 1.807) is 6.26 Å². The molecule has 22 heavy (non-hydrogen) atoms. The maximum Gasteiger partial charge on any atom is 0.342 e. The van der Waals surface area contributed by atoms with E-state index in [1.807, 2.05) is 0 Å². The first-order valence-electron chi connectivity index (χ1n) is 5.76. The number of hydrogen-bond donors (Lipinski definition) is 0. The zero-order valence-electron chi connectivity index (χ0n) is 12.2. The third kappa shape index (κ3) is 3.66. The van der Waals surface area contributed by atoms with Crippen LogP contribution < -0.4 is 0 Å². The van der Waals surface area contributed by atoms with Crippen molar-refractivity contribution in [3.63, 3.8) is 0 Å². The standard InChI is InChI=1S/C12H13ClN2O6S/c1-19-9(16)5-7(14-12(22-4)15-8(5)13)6(10(17)20-2)11(18)21-3/h6H,1-4H3. The Morgan fingerprint density at radius 1 is 1.05 bits per heavy atom. The van der Waals surface area contributed by atoms with Gasteiger partial charge >= 0.3 is 17.9 Å². The minimum atomic E-state index is -1.57. The summed E-state index contributed by atoms with van der Waals surface area (Å²) in [6.45, 7) is 0. The third-order valence-corrected chi connectivity index (χ3v) is 3.41. The lowest BCUT2D eigenvalue weighted by Crippen LogP contribution is -2.28. The Hall–Kier alpha value is -1.87. The fourth-order valence-corrected chi connectivity index (χ4v) is 2.25. The van der Waals surface area contributed by atoms with Crippen LogP contribution in [-0.4, -0.2) is 55.5 Å². The third-order valence-electron chi connectivity index (χ3n) is 2.59. The summed E-state index contributed by atoms with van der Waals surface area (Å²) in [5.74, 6) is -4.35. The summed E-state index contributed by atoms with van der Waals surface area (Å²) in [5.41, 5.74) is -0.516. The largest absolute Gasteiger partial charge is 0.468 e. The molecule has 0 aromatic carbocycles. The van der Waals surface area contributed by atoms with Gasteiger partial charge in [-0.2, -0.15) is 0 Å². The van der Waals surface area contributed by atoms with Gasteiger partial charge in [0.1, 0.15) is 10.7 Å². The van der Waals surface area contributed by atoms with Crippen LogP contribution in [0.2, 0.25) is 5.15 Å². The van der Waals surface area contributed by atoms with Gasteiger partial charge in [-0.25, -0.2) is 14.8 Å².